The molecule has 1 aromatic carbocycles. The highest BCUT2D eigenvalue weighted by Crippen LogP contribution is 2.23. The molecule has 110 valence electrons. The van der Waals surface area contributed by atoms with Crippen molar-refractivity contribution in [3.63, 3.8) is 0 Å². The number of carbonyl (C=O) groups is 1. The van der Waals surface area contributed by atoms with Crippen LogP contribution in [0.25, 0.3) is 0 Å². The molecule has 2 rings (SSSR count). The summed E-state index contributed by atoms with van der Waals surface area (Å²) < 4.78 is 27.1. The van der Waals surface area contributed by atoms with E-state index in [9.17, 15) is 13.6 Å². The molecular formula is C15H20F2N2O. The third-order valence-electron chi connectivity index (χ3n) is 4.16. The van der Waals surface area contributed by atoms with Gasteiger partial charge in [0, 0.05) is 18.7 Å². The Kier molecular flexibility index (Phi) is 4.70. The summed E-state index contributed by atoms with van der Waals surface area (Å²) in [6.45, 7) is 3.86. The molecule has 1 aliphatic rings. The van der Waals surface area contributed by atoms with Crippen LogP contribution in [-0.2, 0) is 11.2 Å². The molecule has 1 aliphatic heterocycles. The molecule has 1 fully saturated rings. The normalized spacial score (nSPS) is 22.9. The highest BCUT2D eigenvalue weighted by Gasteiger charge is 2.28. The van der Waals surface area contributed by atoms with E-state index in [2.05, 4.69) is 6.92 Å². The molecule has 2 N–H and O–H groups in total. The van der Waals surface area contributed by atoms with Crippen LogP contribution in [0.4, 0.5) is 8.78 Å². The molecule has 0 aliphatic carbocycles. The van der Waals surface area contributed by atoms with Crippen LogP contribution in [0, 0.1) is 23.5 Å². The van der Waals surface area contributed by atoms with E-state index in [0.717, 1.165) is 6.42 Å². The van der Waals surface area contributed by atoms with Crippen molar-refractivity contribution in [2.75, 3.05) is 19.6 Å². The number of rotatable bonds is 3. The standard InChI is InChI=1S/C15H20F2N2O/c1-10-5-6-19(9-11(10)8-18)15(20)7-12-13(16)3-2-4-14(12)17/h2-4,10-11H,5-9,18H2,1H3. The maximum atomic E-state index is 13.6. The fourth-order valence-electron chi connectivity index (χ4n) is 2.65. The lowest BCUT2D eigenvalue weighted by Crippen LogP contribution is -2.46. The summed E-state index contributed by atoms with van der Waals surface area (Å²) in [4.78, 5) is 13.9. The van der Waals surface area contributed by atoms with Crippen LogP contribution in [0.15, 0.2) is 18.2 Å². The highest BCUT2D eigenvalue weighted by molar-refractivity contribution is 5.79. The van der Waals surface area contributed by atoms with E-state index in [1.807, 2.05) is 0 Å². The minimum absolute atomic E-state index is 0.152. The van der Waals surface area contributed by atoms with E-state index in [0.29, 0.717) is 25.6 Å². The third-order valence-corrected chi connectivity index (χ3v) is 4.16. The summed E-state index contributed by atoms with van der Waals surface area (Å²) in [5.41, 5.74) is 5.55. The first-order valence-corrected chi connectivity index (χ1v) is 6.93. The van der Waals surface area contributed by atoms with Gasteiger partial charge in [0.15, 0.2) is 0 Å². The highest BCUT2D eigenvalue weighted by atomic mass is 19.1. The van der Waals surface area contributed by atoms with Crippen LogP contribution in [0.1, 0.15) is 18.9 Å². The van der Waals surface area contributed by atoms with Crippen molar-refractivity contribution < 1.29 is 13.6 Å². The van der Waals surface area contributed by atoms with E-state index in [1.54, 1.807) is 4.90 Å². The van der Waals surface area contributed by atoms with E-state index < -0.39 is 11.6 Å². The Morgan fingerprint density at radius 2 is 2.05 bits per heavy atom. The zero-order chi connectivity index (χ0) is 14.7. The zero-order valence-corrected chi connectivity index (χ0v) is 11.6. The van der Waals surface area contributed by atoms with E-state index in [1.165, 1.54) is 18.2 Å². The van der Waals surface area contributed by atoms with Crippen molar-refractivity contribution in [1.29, 1.82) is 0 Å². The summed E-state index contributed by atoms with van der Waals surface area (Å²) in [6, 6.07) is 3.64. The van der Waals surface area contributed by atoms with Crippen molar-refractivity contribution in [3.8, 4) is 0 Å². The van der Waals surface area contributed by atoms with Gasteiger partial charge in [-0.3, -0.25) is 4.79 Å². The fourth-order valence-corrected chi connectivity index (χ4v) is 2.65. The predicted octanol–water partition coefficient (Wildman–Crippen LogP) is 1.95. The van der Waals surface area contributed by atoms with Gasteiger partial charge in [-0.05, 0) is 36.9 Å². The van der Waals surface area contributed by atoms with Crippen molar-refractivity contribution in [2.45, 2.75) is 19.8 Å². The molecular weight excluding hydrogens is 262 g/mol. The van der Waals surface area contributed by atoms with Gasteiger partial charge < -0.3 is 10.6 Å². The first kappa shape index (κ1) is 14.9. The number of halogens is 2. The number of amides is 1. The van der Waals surface area contributed by atoms with Crippen molar-refractivity contribution in [1.82, 2.24) is 4.90 Å². The average molecular weight is 282 g/mol. The van der Waals surface area contributed by atoms with Gasteiger partial charge in [0.25, 0.3) is 0 Å². The second-order valence-electron chi connectivity index (χ2n) is 5.48. The van der Waals surface area contributed by atoms with Crippen LogP contribution in [0.5, 0.6) is 0 Å². The topological polar surface area (TPSA) is 46.3 Å². The number of hydrogen-bond donors (Lipinski definition) is 1. The molecule has 1 amide bonds. The fraction of sp³-hybridized carbons (Fsp3) is 0.533. The largest absolute Gasteiger partial charge is 0.342 e. The van der Waals surface area contributed by atoms with Gasteiger partial charge in [-0.25, -0.2) is 8.78 Å². The molecule has 2 unspecified atom stereocenters. The second kappa shape index (κ2) is 6.31. The second-order valence-corrected chi connectivity index (χ2v) is 5.48. The summed E-state index contributed by atoms with van der Waals surface area (Å²) in [7, 11) is 0. The zero-order valence-electron chi connectivity index (χ0n) is 11.6. The molecule has 3 nitrogen and oxygen atoms in total. The van der Waals surface area contributed by atoms with Crippen molar-refractivity contribution in [2.24, 2.45) is 17.6 Å². The van der Waals surface area contributed by atoms with Gasteiger partial charge >= 0.3 is 0 Å². The Labute approximate surface area is 117 Å². The molecule has 0 radical (unpaired) electrons. The Bertz CT molecular complexity index is 473. The quantitative estimate of drug-likeness (QED) is 0.921. The summed E-state index contributed by atoms with van der Waals surface area (Å²) >= 11 is 0. The summed E-state index contributed by atoms with van der Waals surface area (Å²) in [6.07, 6.45) is 0.650. The molecule has 5 heteroatoms. The number of piperidine rings is 1. The lowest BCUT2D eigenvalue weighted by Gasteiger charge is -2.36. The number of nitrogens with zero attached hydrogens (tertiary/aromatic N) is 1. The Morgan fingerprint density at radius 1 is 1.40 bits per heavy atom. The van der Waals surface area contributed by atoms with E-state index in [4.69, 9.17) is 5.73 Å². The lowest BCUT2D eigenvalue weighted by molar-refractivity contribution is -0.133. The predicted molar refractivity (Wildman–Crippen MR) is 73.0 cm³/mol. The van der Waals surface area contributed by atoms with Crippen LogP contribution >= 0.6 is 0 Å². The number of carbonyl (C=O) groups excluding carboxylic acids is 1. The third kappa shape index (κ3) is 3.15. The number of hydrogen-bond acceptors (Lipinski definition) is 2. The number of nitrogens with two attached hydrogens (primary N) is 1. The Balaban J connectivity index is 2.05. The van der Waals surface area contributed by atoms with Gasteiger partial charge in [-0.15, -0.1) is 0 Å². The van der Waals surface area contributed by atoms with Crippen molar-refractivity contribution >= 4 is 5.91 Å². The molecule has 0 aromatic heterocycles. The maximum Gasteiger partial charge on any atom is 0.227 e. The van der Waals surface area contributed by atoms with Gasteiger partial charge in [0.1, 0.15) is 11.6 Å². The number of likely N-dealkylation sites (tertiary alicyclic amines) is 1. The monoisotopic (exact) mass is 282 g/mol. The first-order valence-electron chi connectivity index (χ1n) is 6.93. The van der Waals surface area contributed by atoms with Gasteiger partial charge in [0.05, 0.1) is 6.42 Å². The van der Waals surface area contributed by atoms with Crippen molar-refractivity contribution in [3.05, 3.63) is 35.4 Å². The van der Waals surface area contributed by atoms with E-state index >= 15 is 0 Å². The Morgan fingerprint density at radius 3 is 2.65 bits per heavy atom. The minimum atomic E-state index is -0.667. The van der Waals surface area contributed by atoms with Crippen LogP contribution < -0.4 is 5.73 Å². The first-order chi connectivity index (χ1) is 9.52. The molecule has 0 bridgehead atoms. The van der Waals surface area contributed by atoms with Gasteiger partial charge in [0.2, 0.25) is 5.91 Å². The molecule has 1 aromatic rings. The number of benzene rings is 1. The maximum absolute atomic E-state index is 13.6. The smallest absolute Gasteiger partial charge is 0.227 e. The van der Waals surface area contributed by atoms with Crippen LogP contribution in [0.2, 0.25) is 0 Å². The summed E-state index contributed by atoms with van der Waals surface area (Å²) in [5, 5.41) is 0. The molecule has 0 saturated carbocycles. The lowest BCUT2D eigenvalue weighted by atomic mass is 9.87. The summed E-state index contributed by atoms with van der Waals surface area (Å²) in [5.74, 6) is -0.829. The van der Waals surface area contributed by atoms with E-state index in [-0.39, 0.29) is 23.8 Å². The SMILES string of the molecule is CC1CCN(C(=O)Cc2c(F)cccc2F)CC1CN. The van der Waals surface area contributed by atoms with Crippen LogP contribution in [0.3, 0.4) is 0 Å². The molecule has 2 atom stereocenters. The average Bonchev–Trinajstić information content (AvgIpc) is 2.43. The minimum Gasteiger partial charge on any atom is -0.342 e. The van der Waals surface area contributed by atoms with Crippen LogP contribution in [-0.4, -0.2) is 30.4 Å². The molecule has 0 spiro atoms. The molecule has 1 saturated heterocycles. The molecule has 20 heavy (non-hydrogen) atoms. The molecule has 1 heterocycles. The van der Waals surface area contributed by atoms with Gasteiger partial charge in [-0.2, -0.15) is 0 Å². The Hall–Kier alpha value is -1.49. The van der Waals surface area contributed by atoms with Gasteiger partial charge in [-0.1, -0.05) is 13.0 Å².